The van der Waals surface area contributed by atoms with Crippen molar-refractivity contribution in [3.63, 3.8) is 0 Å². The fourth-order valence-electron chi connectivity index (χ4n) is 0.254. The molecule has 0 amide bonds. The topological polar surface area (TPSA) is 26.3 Å². The van der Waals surface area contributed by atoms with Crippen LogP contribution in [0.5, 0.6) is 0 Å². The molecule has 0 radical (unpaired) electrons. The number of rotatable bonds is 2. The van der Waals surface area contributed by atoms with E-state index in [1.165, 1.54) is 6.92 Å². The van der Waals surface area contributed by atoms with Crippen LogP contribution in [0.1, 0.15) is 20.3 Å². The minimum absolute atomic E-state index is 0.278. The lowest BCUT2D eigenvalue weighted by molar-refractivity contribution is -0.140. The first kappa shape index (κ1) is 12.4. The van der Waals surface area contributed by atoms with Crippen molar-refractivity contribution >= 4 is 5.97 Å². The van der Waals surface area contributed by atoms with Gasteiger partial charge in [-0.1, -0.05) is 6.08 Å². The highest BCUT2D eigenvalue weighted by molar-refractivity contribution is 5.65. The maximum absolute atomic E-state index is 10.0. The molecule has 62 valence electrons. The van der Waals surface area contributed by atoms with Crippen molar-refractivity contribution < 1.29 is 9.53 Å². The second kappa shape index (κ2) is 11.6. The van der Waals surface area contributed by atoms with Crippen molar-refractivity contribution in [2.75, 3.05) is 6.61 Å². The Kier molecular flexibility index (Phi) is 13.1. The van der Waals surface area contributed by atoms with Gasteiger partial charge in [0.25, 0.3) is 0 Å². The summed E-state index contributed by atoms with van der Waals surface area (Å²) in [5.41, 5.74) is 0. The quantitative estimate of drug-likeness (QED) is 0.262. The Morgan fingerprint density at radius 1 is 1.82 bits per heavy atom. The number of hydrogen-bond acceptors (Lipinski definition) is 2. The number of carbonyl (C=O) groups is 1. The van der Waals surface area contributed by atoms with E-state index in [4.69, 9.17) is 6.42 Å². The largest absolute Gasteiger partial charge is 0.465 e. The highest BCUT2D eigenvalue weighted by Crippen LogP contribution is 1.78. The molecule has 0 aromatic rings. The van der Waals surface area contributed by atoms with E-state index in [1.807, 2.05) is 6.92 Å². The summed E-state index contributed by atoms with van der Waals surface area (Å²) in [6, 6.07) is 0. The Morgan fingerprint density at radius 3 is 2.55 bits per heavy atom. The minimum atomic E-state index is -0.278. The highest BCUT2D eigenvalue weighted by Gasteiger charge is 1.86. The van der Waals surface area contributed by atoms with Crippen LogP contribution in [0.4, 0.5) is 0 Å². The van der Waals surface area contributed by atoms with Gasteiger partial charge in [-0.15, -0.1) is 18.9 Å². The van der Waals surface area contributed by atoms with Gasteiger partial charge in [0.15, 0.2) is 0 Å². The van der Waals surface area contributed by atoms with Crippen molar-refractivity contribution in [3.05, 3.63) is 12.7 Å². The van der Waals surface area contributed by atoms with Gasteiger partial charge in [0.05, 0.1) is 0 Å². The van der Waals surface area contributed by atoms with Crippen LogP contribution in [0, 0.1) is 12.3 Å². The van der Waals surface area contributed by atoms with Crippen LogP contribution in [0.15, 0.2) is 12.7 Å². The Morgan fingerprint density at radius 2 is 2.27 bits per heavy atom. The number of esters is 1. The number of hydrogen-bond donors (Lipinski definition) is 0. The molecule has 0 atom stereocenters. The van der Waals surface area contributed by atoms with Gasteiger partial charge in [-0.05, 0) is 6.92 Å². The molecular formula is C9H14O2. The van der Waals surface area contributed by atoms with Crippen LogP contribution >= 0.6 is 0 Å². The van der Waals surface area contributed by atoms with E-state index in [2.05, 4.69) is 17.2 Å². The standard InChI is InChI=1S/C6H8O2.C3H6/c1-3-4-5-8-6(2)7;1-3-2/h1H,4-5H2,2H3;3H,1H2,2H3. The molecule has 0 N–H and O–H groups in total. The third-order valence-corrected chi connectivity index (χ3v) is 0.552. The van der Waals surface area contributed by atoms with Crippen molar-refractivity contribution in [2.24, 2.45) is 0 Å². The molecule has 0 fully saturated rings. The van der Waals surface area contributed by atoms with Crippen LogP contribution in [0.25, 0.3) is 0 Å². The predicted molar refractivity (Wildman–Crippen MR) is 46.0 cm³/mol. The molecule has 0 saturated heterocycles. The Hall–Kier alpha value is -1.23. The average Bonchev–Trinajstić information content (AvgIpc) is 1.89. The van der Waals surface area contributed by atoms with Crippen LogP contribution in [-0.2, 0) is 9.53 Å². The van der Waals surface area contributed by atoms with Gasteiger partial charge in [0, 0.05) is 13.3 Å². The van der Waals surface area contributed by atoms with E-state index in [1.54, 1.807) is 6.08 Å². The number of allylic oxidation sites excluding steroid dienone is 1. The predicted octanol–water partition coefficient (Wildman–Crippen LogP) is 1.77. The molecule has 0 aliphatic rings. The summed E-state index contributed by atoms with van der Waals surface area (Å²) < 4.78 is 4.50. The maximum atomic E-state index is 10.0. The first-order valence-electron chi connectivity index (χ1n) is 3.32. The summed E-state index contributed by atoms with van der Waals surface area (Å²) in [5.74, 6) is 2.07. The van der Waals surface area contributed by atoms with Gasteiger partial charge in [-0.3, -0.25) is 4.79 Å². The van der Waals surface area contributed by atoms with Crippen LogP contribution in [0.3, 0.4) is 0 Å². The second-order valence-corrected chi connectivity index (χ2v) is 1.70. The fraction of sp³-hybridized carbons (Fsp3) is 0.444. The fourth-order valence-corrected chi connectivity index (χ4v) is 0.254. The molecule has 0 spiro atoms. The van der Waals surface area contributed by atoms with E-state index in [-0.39, 0.29) is 5.97 Å². The first-order valence-corrected chi connectivity index (χ1v) is 3.32. The number of ether oxygens (including phenoxy) is 1. The van der Waals surface area contributed by atoms with Gasteiger partial charge >= 0.3 is 5.97 Å². The second-order valence-electron chi connectivity index (χ2n) is 1.70. The molecule has 0 rings (SSSR count). The van der Waals surface area contributed by atoms with Crippen LogP contribution in [0.2, 0.25) is 0 Å². The van der Waals surface area contributed by atoms with Gasteiger partial charge in [-0.25, -0.2) is 0 Å². The molecule has 11 heavy (non-hydrogen) atoms. The van der Waals surface area contributed by atoms with E-state index in [0.29, 0.717) is 13.0 Å². The number of carbonyl (C=O) groups excluding carboxylic acids is 1. The summed E-state index contributed by atoms with van der Waals surface area (Å²) in [7, 11) is 0. The summed E-state index contributed by atoms with van der Waals surface area (Å²) in [5, 5.41) is 0. The molecular weight excluding hydrogens is 140 g/mol. The third-order valence-electron chi connectivity index (χ3n) is 0.552. The summed E-state index contributed by atoms with van der Waals surface area (Å²) in [6.45, 7) is 6.95. The molecule has 0 aromatic carbocycles. The van der Waals surface area contributed by atoms with Crippen molar-refractivity contribution in [1.29, 1.82) is 0 Å². The lowest BCUT2D eigenvalue weighted by Crippen LogP contribution is -1.98. The first-order chi connectivity index (χ1) is 5.18. The smallest absolute Gasteiger partial charge is 0.302 e. The zero-order valence-corrected chi connectivity index (χ0v) is 7.09. The summed E-state index contributed by atoms with van der Waals surface area (Å²) in [4.78, 5) is 10.0. The van der Waals surface area contributed by atoms with E-state index in [0.717, 1.165) is 0 Å². The van der Waals surface area contributed by atoms with E-state index < -0.39 is 0 Å². The molecule has 2 heteroatoms. The zero-order valence-electron chi connectivity index (χ0n) is 7.09. The van der Waals surface area contributed by atoms with Gasteiger partial charge in [0.1, 0.15) is 6.61 Å². The van der Waals surface area contributed by atoms with Gasteiger partial charge in [0.2, 0.25) is 0 Å². The van der Waals surface area contributed by atoms with E-state index >= 15 is 0 Å². The number of terminal acetylenes is 1. The Bertz CT molecular complexity index is 142. The van der Waals surface area contributed by atoms with Gasteiger partial charge < -0.3 is 4.74 Å². The molecule has 0 aliphatic heterocycles. The molecule has 0 saturated carbocycles. The molecule has 2 nitrogen and oxygen atoms in total. The average molecular weight is 154 g/mol. The van der Waals surface area contributed by atoms with Crippen molar-refractivity contribution in [1.82, 2.24) is 0 Å². The molecule has 0 bridgehead atoms. The highest BCUT2D eigenvalue weighted by atomic mass is 16.5. The van der Waals surface area contributed by atoms with Crippen LogP contribution < -0.4 is 0 Å². The zero-order chi connectivity index (χ0) is 9.11. The third kappa shape index (κ3) is 28.3. The van der Waals surface area contributed by atoms with Gasteiger partial charge in [-0.2, -0.15) is 0 Å². The van der Waals surface area contributed by atoms with Crippen molar-refractivity contribution in [3.8, 4) is 12.3 Å². The lowest BCUT2D eigenvalue weighted by atomic mass is 10.5. The van der Waals surface area contributed by atoms with Crippen molar-refractivity contribution in [2.45, 2.75) is 20.3 Å². The Balaban J connectivity index is 0. The minimum Gasteiger partial charge on any atom is -0.465 e. The summed E-state index contributed by atoms with van der Waals surface area (Å²) >= 11 is 0. The SMILES string of the molecule is C#CCCOC(C)=O.C=CC. The molecule has 0 aliphatic carbocycles. The van der Waals surface area contributed by atoms with Crippen LogP contribution in [-0.4, -0.2) is 12.6 Å². The molecule has 0 unspecified atom stereocenters. The normalized spacial score (nSPS) is 6.64. The lowest BCUT2D eigenvalue weighted by Gasteiger charge is -1.93. The van der Waals surface area contributed by atoms with E-state index in [9.17, 15) is 4.79 Å². The summed E-state index contributed by atoms with van der Waals surface area (Å²) in [6.07, 6.45) is 7.12. The maximum Gasteiger partial charge on any atom is 0.302 e. The molecule has 0 aromatic heterocycles. The monoisotopic (exact) mass is 154 g/mol. The molecule has 0 heterocycles. The Labute approximate surface area is 68.2 Å².